The summed E-state index contributed by atoms with van der Waals surface area (Å²) < 4.78 is 0. The zero-order valence-corrected chi connectivity index (χ0v) is 4.89. The Labute approximate surface area is 48.6 Å². The summed E-state index contributed by atoms with van der Waals surface area (Å²) in [5.74, 6) is 0. The van der Waals surface area contributed by atoms with Gasteiger partial charge in [-0.2, -0.15) is 0 Å². The maximum atomic E-state index is 0. The minimum absolute atomic E-state index is 0. The van der Waals surface area contributed by atoms with E-state index in [2.05, 4.69) is 0 Å². The van der Waals surface area contributed by atoms with Gasteiger partial charge in [0.15, 0.2) is 0 Å². The van der Waals surface area contributed by atoms with E-state index in [9.17, 15) is 0 Å². The van der Waals surface area contributed by atoms with E-state index < -0.39 is 0 Å². The molecule has 0 aliphatic carbocycles. The van der Waals surface area contributed by atoms with Crippen LogP contribution in [0.15, 0.2) is 0 Å². The molecule has 0 spiro atoms. The molecule has 0 aliphatic rings. The van der Waals surface area contributed by atoms with Crippen molar-refractivity contribution in [2.45, 2.75) is 0 Å². The summed E-state index contributed by atoms with van der Waals surface area (Å²) in [7, 11) is 0. The van der Waals surface area contributed by atoms with Crippen LogP contribution < -0.4 is 23.5 Å². The molecule has 6 heteroatoms. The number of rotatable bonds is 0. The minimum Gasteiger partial charge on any atom is -1.00 e. The van der Waals surface area contributed by atoms with Gasteiger partial charge in [-0.15, -0.1) is 0 Å². The molecule has 0 atom stereocenters. The summed E-state index contributed by atoms with van der Waals surface area (Å²) in [6.07, 6.45) is 0. The zero-order valence-electron chi connectivity index (χ0n) is 2.34. The SMILES string of the molecule is [F-].[F-].[F-].[F-].[F-].[Sb]. The van der Waals surface area contributed by atoms with Crippen LogP contribution in [0.1, 0.15) is 0 Å². The Morgan fingerprint density at radius 2 is 0.333 bits per heavy atom. The monoisotopic (exact) mass is 216 g/mol. The topological polar surface area (TPSA) is 0 Å². The first-order chi connectivity index (χ1) is 0. The molecule has 0 aromatic rings. The molecule has 0 aromatic heterocycles. The predicted octanol–water partition coefficient (Wildman–Crippen LogP) is -15.4. The molecule has 0 nitrogen and oxygen atoms in total. The second-order valence-electron chi connectivity index (χ2n) is 0. The average Bonchev–Trinajstić information content (AvgIpc) is 0. The van der Waals surface area contributed by atoms with Crippen molar-refractivity contribution in [1.82, 2.24) is 0 Å². The largest absolute Gasteiger partial charge is 1.00 e. The van der Waals surface area contributed by atoms with E-state index in [0.717, 1.165) is 0 Å². The van der Waals surface area contributed by atoms with Gasteiger partial charge in [0.2, 0.25) is 0 Å². The van der Waals surface area contributed by atoms with Crippen LogP contribution >= 0.6 is 0 Å². The molecular formula is F5Sb-5. The van der Waals surface area contributed by atoms with Crippen LogP contribution in [0.3, 0.4) is 0 Å². The van der Waals surface area contributed by atoms with Gasteiger partial charge in [0.1, 0.15) is 0 Å². The fourth-order valence-electron chi connectivity index (χ4n) is 0. The van der Waals surface area contributed by atoms with Crippen molar-refractivity contribution < 1.29 is 23.5 Å². The zero-order chi connectivity index (χ0) is 0. The summed E-state index contributed by atoms with van der Waals surface area (Å²) in [6, 6.07) is 0. The normalized spacial score (nSPS) is 0. The Bertz CT molecular complexity index is 3.90. The van der Waals surface area contributed by atoms with E-state index in [1.165, 1.54) is 0 Å². The smallest absolute Gasteiger partial charge is 0 e. The van der Waals surface area contributed by atoms with Crippen LogP contribution in [0.4, 0.5) is 0 Å². The molecule has 45 valence electrons. The minimum atomic E-state index is 0. The third kappa shape index (κ3) is 245. The molecule has 0 fully saturated rings. The Morgan fingerprint density at radius 1 is 0.333 bits per heavy atom. The molecule has 0 aliphatic heterocycles. The standard InChI is InChI=1S/5FH.Sb/h5*1H;/p-5. The van der Waals surface area contributed by atoms with Gasteiger partial charge in [-0.25, -0.2) is 0 Å². The molecule has 0 aromatic carbocycles. The summed E-state index contributed by atoms with van der Waals surface area (Å²) in [5.41, 5.74) is 0. The predicted molar refractivity (Wildman–Crippen MR) is 5.75 cm³/mol. The Morgan fingerprint density at radius 3 is 0.333 bits per heavy atom. The molecule has 6 heavy (non-hydrogen) atoms. The number of hydrogen-bond acceptors (Lipinski definition) is 0. The number of hydrogen-bond donors (Lipinski definition) is 0. The van der Waals surface area contributed by atoms with E-state index in [1.54, 1.807) is 0 Å². The third-order valence-electron chi connectivity index (χ3n) is 0. The Kier molecular flexibility index (Phi) is 73200. The first-order valence-corrected chi connectivity index (χ1v) is 0. The van der Waals surface area contributed by atoms with Gasteiger partial charge < -0.3 is 23.5 Å². The van der Waals surface area contributed by atoms with Gasteiger partial charge in [0.25, 0.3) is 0 Å². The van der Waals surface area contributed by atoms with Crippen molar-refractivity contribution in [2.75, 3.05) is 0 Å². The summed E-state index contributed by atoms with van der Waals surface area (Å²) >= 11 is 0. The maximum absolute atomic E-state index is 0. The van der Waals surface area contributed by atoms with Gasteiger partial charge in [0.05, 0.1) is 0 Å². The quantitative estimate of drug-likeness (QED) is 0.279. The molecule has 0 bridgehead atoms. The molecule has 0 heterocycles. The first kappa shape index (κ1) is 882. The van der Waals surface area contributed by atoms with Crippen LogP contribution in [-0.4, -0.2) is 24.4 Å². The summed E-state index contributed by atoms with van der Waals surface area (Å²) in [5, 5.41) is 0. The Hall–Kier alpha value is 0.468. The van der Waals surface area contributed by atoms with E-state index in [4.69, 9.17) is 0 Å². The van der Waals surface area contributed by atoms with Gasteiger partial charge in [-0.05, 0) is 0 Å². The molecular weight excluding hydrogens is 217 g/mol. The van der Waals surface area contributed by atoms with Gasteiger partial charge in [-0.3, -0.25) is 0 Å². The van der Waals surface area contributed by atoms with Crippen molar-refractivity contribution in [3.05, 3.63) is 0 Å². The van der Waals surface area contributed by atoms with Crippen molar-refractivity contribution in [3.8, 4) is 0 Å². The third-order valence-corrected chi connectivity index (χ3v) is 0. The van der Waals surface area contributed by atoms with Crippen LogP contribution in [0, 0.1) is 0 Å². The molecule has 0 saturated heterocycles. The fourth-order valence-corrected chi connectivity index (χ4v) is 0. The molecule has 0 saturated carbocycles. The van der Waals surface area contributed by atoms with E-state index in [0.29, 0.717) is 0 Å². The van der Waals surface area contributed by atoms with Crippen LogP contribution in [-0.2, 0) is 0 Å². The van der Waals surface area contributed by atoms with Crippen molar-refractivity contribution in [1.29, 1.82) is 0 Å². The van der Waals surface area contributed by atoms with Crippen molar-refractivity contribution in [3.63, 3.8) is 0 Å². The Balaban J connectivity index is 0. The summed E-state index contributed by atoms with van der Waals surface area (Å²) in [6.45, 7) is 0. The van der Waals surface area contributed by atoms with Crippen LogP contribution in [0.5, 0.6) is 0 Å². The van der Waals surface area contributed by atoms with E-state index in [1.807, 2.05) is 0 Å². The second kappa shape index (κ2) is 498. The van der Waals surface area contributed by atoms with Crippen LogP contribution in [0.2, 0.25) is 0 Å². The van der Waals surface area contributed by atoms with Gasteiger partial charge >= 0.3 is 0 Å². The van der Waals surface area contributed by atoms with E-state index >= 15 is 0 Å². The molecule has 0 amide bonds. The fraction of sp³-hybridized carbons (Fsp3) is 0. The van der Waals surface area contributed by atoms with Crippen molar-refractivity contribution in [2.24, 2.45) is 0 Å². The molecule has 3 radical (unpaired) electrons. The van der Waals surface area contributed by atoms with Crippen molar-refractivity contribution >= 4 is 24.4 Å². The van der Waals surface area contributed by atoms with Gasteiger partial charge in [0, 0.05) is 24.4 Å². The first-order valence-electron chi connectivity index (χ1n) is 0. The average molecular weight is 217 g/mol. The maximum Gasteiger partial charge on any atom is 0 e. The summed E-state index contributed by atoms with van der Waals surface area (Å²) in [4.78, 5) is 0. The van der Waals surface area contributed by atoms with E-state index in [-0.39, 0.29) is 47.9 Å². The molecule has 0 rings (SSSR count). The number of halogens is 5. The molecule has 0 N–H and O–H groups in total. The molecule has 0 unspecified atom stereocenters. The van der Waals surface area contributed by atoms with Crippen LogP contribution in [0.25, 0.3) is 0 Å². The van der Waals surface area contributed by atoms with Gasteiger partial charge in [-0.1, -0.05) is 0 Å². The second-order valence-corrected chi connectivity index (χ2v) is 0.